The SMILES string of the molecule is CC(O)c1ccc(OCc2ccn(C(C)C)n2)cc1F. The van der Waals surface area contributed by atoms with Crippen LogP contribution in [-0.2, 0) is 6.61 Å². The lowest BCUT2D eigenvalue weighted by atomic mass is 10.1. The molecule has 108 valence electrons. The van der Waals surface area contributed by atoms with Crippen molar-refractivity contribution in [2.75, 3.05) is 0 Å². The second-order valence-electron chi connectivity index (χ2n) is 5.03. The summed E-state index contributed by atoms with van der Waals surface area (Å²) in [5.74, 6) is -0.0452. The molecule has 1 heterocycles. The number of ether oxygens (including phenoxy) is 1. The third-order valence-electron chi connectivity index (χ3n) is 3.00. The first-order valence-corrected chi connectivity index (χ1v) is 6.61. The Bertz CT molecular complexity index is 579. The summed E-state index contributed by atoms with van der Waals surface area (Å²) >= 11 is 0. The molecule has 1 aromatic heterocycles. The van der Waals surface area contributed by atoms with Crippen LogP contribution in [0.25, 0.3) is 0 Å². The summed E-state index contributed by atoms with van der Waals surface area (Å²) in [4.78, 5) is 0. The van der Waals surface area contributed by atoms with Crippen molar-refractivity contribution in [3.63, 3.8) is 0 Å². The molecule has 0 aliphatic carbocycles. The lowest BCUT2D eigenvalue weighted by molar-refractivity contribution is 0.193. The van der Waals surface area contributed by atoms with Crippen LogP contribution in [0.1, 0.15) is 44.2 Å². The fourth-order valence-electron chi connectivity index (χ4n) is 1.84. The molecule has 1 N–H and O–H groups in total. The fourth-order valence-corrected chi connectivity index (χ4v) is 1.84. The van der Waals surface area contributed by atoms with E-state index < -0.39 is 11.9 Å². The number of hydrogen-bond donors (Lipinski definition) is 1. The second-order valence-corrected chi connectivity index (χ2v) is 5.03. The van der Waals surface area contributed by atoms with E-state index in [1.165, 1.54) is 19.1 Å². The zero-order valence-electron chi connectivity index (χ0n) is 11.9. The van der Waals surface area contributed by atoms with Gasteiger partial charge in [-0.25, -0.2) is 4.39 Å². The van der Waals surface area contributed by atoms with E-state index in [4.69, 9.17) is 4.74 Å². The van der Waals surface area contributed by atoms with Crippen molar-refractivity contribution in [3.8, 4) is 5.75 Å². The average molecular weight is 278 g/mol. The molecule has 0 aliphatic heterocycles. The Kier molecular flexibility index (Phi) is 4.39. The van der Waals surface area contributed by atoms with Crippen LogP contribution in [0.5, 0.6) is 5.75 Å². The van der Waals surface area contributed by atoms with Gasteiger partial charge >= 0.3 is 0 Å². The Morgan fingerprint density at radius 3 is 2.60 bits per heavy atom. The zero-order valence-corrected chi connectivity index (χ0v) is 11.9. The summed E-state index contributed by atoms with van der Waals surface area (Å²) in [6.07, 6.45) is 1.06. The highest BCUT2D eigenvalue weighted by atomic mass is 19.1. The third kappa shape index (κ3) is 3.36. The zero-order chi connectivity index (χ0) is 14.7. The van der Waals surface area contributed by atoms with Crippen molar-refractivity contribution in [1.82, 2.24) is 9.78 Å². The normalized spacial score (nSPS) is 12.7. The first kappa shape index (κ1) is 14.5. The van der Waals surface area contributed by atoms with Crippen LogP contribution < -0.4 is 4.74 Å². The Labute approximate surface area is 117 Å². The highest BCUT2D eigenvalue weighted by Crippen LogP contribution is 2.22. The minimum atomic E-state index is -0.828. The number of aromatic nitrogens is 2. The lowest BCUT2D eigenvalue weighted by Gasteiger charge is -2.09. The van der Waals surface area contributed by atoms with E-state index in [2.05, 4.69) is 5.10 Å². The van der Waals surface area contributed by atoms with Gasteiger partial charge in [0, 0.05) is 23.9 Å². The topological polar surface area (TPSA) is 47.3 Å². The molecule has 0 aliphatic rings. The minimum absolute atomic E-state index is 0.265. The predicted octanol–water partition coefficient (Wildman–Crippen LogP) is 3.24. The monoisotopic (exact) mass is 278 g/mol. The van der Waals surface area contributed by atoms with Gasteiger partial charge in [0.25, 0.3) is 0 Å². The number of halogens is 1. The van der Waals surface area contributed by atoms with Gasteiger partial charge in [-0.1, -0.05) is 0 Å². The summed E-state index contributed by atoms with van der Waals surface area (Å²) in [6.45, 7) is 5.90. The summed E-state index contributed by atoms with van der Waals surface area (Å²) in [7, 11) is 0. The van der Waals surface area contributed by atoms with Gasteiger partial charge in [-0.05, 0) is 39.0 Å². The standard InChI is InChI=1S/C15H19FN2O2/c1-10(2)18-7-6-12(17-18)9-20-13-4-5-14(11(3)19)15(16)8-13/h4-8,10-11,19H,9H2,1-3H3. The third-order valence-corrected chi connectivity index (χ3v) is 3.00. The molecular weight excluding hydrogens is 259 g/mol. The number of rotatable bonds is 5. The van der Waals surface area contributed by atoms with E-state index in [0.29, 0.717) is 11.8 Å². The van der Waals surface area contributed by atoms with Crippen molar-refractivity contribution in [2.24, 2.45) is 0 Å². The van der Waals surface area contributed by atoms with E-state index in [9.17, 15) is 9.50 Å². The second kappa shape index (κ2) is 6.05. The molecule has 0 saturated heterocycles. The Morgan fingerprint density at radius 2 is 2.05 bits per heavy atom. The summed E-state index contributed by atoms with van der Waals surface area (Å²) in [5.41, 5.74) is 1.06. The van der Waals surface area contributed by atoms with E-state index in [-0.39, 0.29) is 12.2 Å². The number of benzene rings is 1. The average Bonchev–Trinajstić information content (AvgIpc) is 2.85. The van der Waals surface area contributed by atoms with E-state index in [1.54, 1.807) is 6.07 Å². The molecule has 0 radical (unpaired) electrons. The van der Waals surface area contributed by atoms with E-state index in [1.807, 2.05) is 30.8 Å². The molecule has 5 heteroatoms. The molecule has 0 spiro atoms. The molecule has 0 amide bonds. The maximum atomic E-state index is 13.7. The molecule has 1 unspecified atom stereocenters. The maximum Gasteiger partial charge on any atom is 0.132 e. The van der Waals surface area contributed by atoms with Gasteiger partial charge in [-0.15, -0.1) is 0 Å². The van der Waals surface area contributed by atoms with Crippen LogP contribution in [-0.4, -0.2) is 14.9 Å². The molecule has 1 aromatic carbocycles. The number of aliphatic hydroxyl groups excluding tert-OH is 1. The molecule has 2 aromatic rings. The van der Waals surface area contributed by atoms with Crippen molar-refractivity contribution in [3.05, 3.63) is 47.5 Å². The molecule has 4 nitrogen and oxygen atoms in total. The van der Waals surface area contributed by atoms with Crippen LogP contribution in [0.2, 0.25) is 0 Å². The molecular formula is C15H19FN2O2. The number of hydrogen-bond acceptors (Lipinski definition) is 3. The highest BCUT2D eigenvalue weighted by Gasteiger charge is 2.09. The van der Waals surface area contributed by atoms with Crippen molar-refractivity contribution >= 4 is 0 Å². The highest BCUT2D eigenvalue weighted by molar-refractivity contribution is 5.30. The van der Waals surface area contributed by atoms with Gasteiger partial charge in [0.1, 0.15) is 18.2 Å². The van der Waals surface area contributed by atoms with Crippen molar-refractivity contribution in [2.45, 2.75) is 39.5 Å². The lowest BCUT2D eigenvalue weighted by Crippen LogP contribution is -2.03. The quantitative estimate of drug-likeness (QED) is 0.913. The van der Waals surface area contributed by atoms with Crippen LogP contribution in [0.15, 0.2) is 30.5 Å². The largest absolute Gasteiger partial charge is 0.487 e. The first-order valence-electron chi connectivity index (χ1n) is 6.61. The molecule has 20 heavy (non-hydrogen) atoms. The van der Waals surface area contributed by atoms with Crippen molar-refractivity contribution < 1.29 is 14.2 Å². The van der Waals surface area contributed by atoms with Gasteiger partial charge in [0.15, 0.2) is 0 Å². The van der Waals surface area contributed by atoms with Crippen LogP contribution >= 0.6 is 0 Å². The molecule has 0 saturated carbocycles. The summed E-state index contributed by atoms with van der Waals surface area (Å²) < 4.78 is 21.0. The van der Waals surface area contributed by atoms with Gasteiger partial charge < -0.3 is 9.84 Å². The van der Waals surface area contributed by atoms with Crippen molar-refractivity contribution in [1.29, 1.82) is 0 Å². The number of nitrogens with zero attached hydrogens (tertiary/aromatic N) is 2. The predicted molar refractivity (Wildman–Crippen MR) is 74.0 cm³/mol. The van der Waals surface area contributed by atoms with E-state index in [0.717, 1.165) is 5.69 Å². The summed E-state index contributed by atoms with van der Waals surface area (Å²) in [5, 5.41) is 13.7. The molecule has 1 atom stereocenters. The Hall–Kier alpha value is -1.88. The van der Waals surface area contributed by atoms with Crippen LogP contribution in [0.4, 0.5) is 4.39 Å². The maximum absolute atomic E-state index is 13.7. The minimum Gasteiger partial charge on any atom is -0.487 e. The smallest absolute Gasteiger partial charge is 0.132 e. The fraction of sp³-hybridized carbons (Fsp3) is 0.400. The first-order chi connectivity index (χ1) is 9.47. The van der Waals surface area contributed by atoms with E-state index >= 15 is 0 Å². The van der Waals surface area contributed by atoms with Gasteiger partial charge in [0.2, 0.25) is 0 Å². The van der Waals surface area contributed by atoms with Crippen LogP contribution in [0, 0.1) is 5.82 Å². The Balaban J connectivity index is 2.01. The van der Waals surface area contributed by atoms with Crippen LogP contribution in [0.3, 0.4) is 0 Å². The molecule has 0 fully saturated rings. The van der Waals surface area contributed by atoms with Gasteiger partial charge in [-0.2, -0.15) is 5.10 Å². The number of aliphatic hydroxyl groups is 1. The van der Waals surface area contributed by atoms with Gasteiger partial charge in [0.05, 0.1) is 11.8 Å². The summed E-state index contributed by atoms with van der Waals surface area (Å²) in [6, 6.07) is 6.63. The van der Waals surface area contributed by atoms with Gasteiger partial charge in [-0.3, -0.25) is 4.68 Å². The molecule has 2 rings (SSSR count). The Morgan fingerprint density at radius 1 is 1.30 bits per heavy atom. The molecule has 0 bridgehead atoms.